The Morgan fingerprint density at radius 2 is 2.07 bits per heavy atom. The molecule has 1 rings (SSSR count). The molecule has 0 amide bonds. The second kappa shape index (κ2) is 6.73. The summed E-state index contributed by atoms with van der Waals surface area (Å²) >= 11 is 2.15. The molecule has 0 aromatic heterocycles. The van der Waals surface area contributed by atoms with E-state index in [0.717, 1.165) is 17.2 Å². The summed E-state index contributed by atoms with van der Waals surface area (Å²) in [4.78, 5) is 0. The van der Waals surface area contributed by atoms with Crippen molar-refractivity contribution >= 4 is 11.8 Å². The van der Waals surface area contributed by atoms with Crippen LogP contribution in [-0.4, -0.2) is 24.1 Å². The lowest BCUT2D eigenvalue weighted by atomic mass is 9.83. The maximum absolute atomic E-state index is 3.48. The van der Waals surface area contributed by atoms with E-state index in [-0.39, 0.29) is 0 Å². The minimum atomic E-state index is 0.771. The highest BCUT2D eigenvalue weighted by atomic mass is 32.2. The van der Waals surface area contributed by atoms with Crippen LogP contribution in [-0.2, 0) is 0 Å². The lowest BCUT2D eigenvalue weighted by molar-refractivity contribution is 0.295. The Morgan fingerprint density at radius 3 is 2.64 bits per heavy atom. The van der Waals surface area contributed by atoms with Crippen LogP contribution in [0, 0.1) is 5.92 Å². The van der Waals surface area contributed by atoms with Gasteiger partial charge in [-0.3, -0.25) is 0 Å². The zero-order valence-electron chi connectivity index (χ0n) is 9.88. The van der Waals surface area contributed by atoms with Crippen LogP contribution in [0.15, 0.2) is 0 Å². The van der Waals surface area contributed by atoms with E-state index in [1.807, 2.05) is 0 Å². The summed E-state index contributed by atoms with van der Waals surface area (Å²) < 4.78 is 0. The van der Waals surface area contributed by atoms with Gasteiger partial charge in [-0.05, 0) is 38.0 Å². The predicted molar refractivity (Wildman–Crippen MR) is 67.0 cm³/mol. The van der Waals surface area contributed by atoms with E-state index in [1.54, 1.807) is 0 Å². The van der Waals surface area contributed by atoms with E-state index in [4.69, 9.17) is 0 Å². The number of rotatable bonds is 5. The van der Waals surface area contributed by atoms with Crippen molar-refractivity contribution in [3.8, 4) is 0 Å². The first kappa shape index (κ1) is 12.4. The van der Waals surface area contributed by atoms with E-state index >= 15 is 0 Å². The lowest BCUT2D eigenvalue weighted by Gasteiger charge is -2.35. The first-order valence-corrected chi connectivity index (χ1v) is 7.15. The van der Waals surface area contributed by atoms with E-state index in [9.17, 15) is 0 Å². The topological polar surface area (TPSA) is 12.0 Å². The molecule has 2 heteroatoms. The van der Waals surface area contributed by atoms with Crippen molar-refractivity contribution in [2.75, 3.05) is 12.8 Å². The van der Waals surface area contributed by atoms with Crippen molar-refractivity contribution in [2.24, 2.45) is 5.92 Å². The van der Waals surface area contributed by atoms with Gasteiger partial charge in [-0.1, -0.05) is 26.7 Å². The van der Waals surface area contributed by atoms with Crippen molar-refractivity contribution in [1.29, 1.82) is 0 Å². The molecule has 84 valence electrons. The minimum absolute atomic E-state index is 0.771. The number of nitrogens with one attached hydrogen (secondary N) is 1. The third kappa shape index (κ3) is 3.47. The van der Waals surface area contributed by atoms with E-state index in [0.29, 0.717) is 0 Å². The third-order valence-electron chi connectivity index (χ3n) is 3.35. The van der Waals surface area contributed by atoms with Gasteiger partial charge in [0.1, 0.15) is 0 Å². The fourth-order valence-electron chi connectivity index (χ4n) is 2.61. The monoisotopic (exact) mass is 215 g/mol. The Morgan fingerprint density at radius 1 is 1.29 bits per heavy atom. The second-order valence-corrected chi connectivity index (χ2v) is 5.87. The van der Waals surface area contributed by atoms with Crippen LogP contribution in [0.4, 0.5) is 0 Å². The molecular formula is C12H25NS. The second-order valence-electron chi connectivity index (χ2n) is 4.36. The standard InChI is InChI=1S/C12H25NS/c1-4-6-10-7-8-11(13-3)12(9-10)14-5-2/h10-13H,4-9H2,1-3H3. The van der Waals surface area contributed by atoms with Crippen LogP contribution in [0.25, 0.3) is 0 Å². The molecule has 1 aliphatic rings. The van der Waals surface area contributed by atoms with Gasteiger partial charge in [0.2, 0.25) is 0 Å². The molecule has 1 saturated carbocycles. The van der Waals surface area contributed by atoms with Crippen molar-refractivity contribution in [1.82, 2.24) is 5.32 Å². The van der Waals surface area contributed by atoms with Gasteiger partial charge < -0.3 is 5.32 Å². The molecule has 3 unspecified atom stereocenters. The molecule has 0 bridgehead atoms. The van der Waals surface area contributed by atoms with Crippen LogP contribution in [0.2, 0.25) is 0 Å². The van der Waals surface area contributed by atoms with Crippen molar-refractivity contribution in [2.45, 2.75) is 57.2 Å². The van der Waals surface area contributed by atoms with Crippen LogP contribution in [0.3, 0.4) is 0 Å². The number of thioether (sulfide) groups is 1. The Kier molecular flexibility index (Phi) is 5.95. The molecule has 0 saturated heterocycles. The zero-order valence-corrected chi connectivity index (χ0v) is 10.7. The summed E-state index contributed by atoms with van der Waals surface area (Å²) in [5.74, 6) is 2.27. The van der Waals surface area contributed by atoms with Crippen LogP contribution in [0.5, 0.6) is 0 Å². The Balaban J connectivity index is 2.39. The Labute approximate surface area is 93.4 Å². The summed E-state index contributed by atoms with van der Waals surface area (Å²) in [5.41, 5.74) is 0. The van der Waals surface area contributed by atoms with Gasteiger partial charge in [0.05, 0.1) is 0 Å². The van der Waals surface area contributed by atoms with Crippen molar-refractivity contribution in [3.05, 3.63) is 0 Å². The predicted octanol–water partition coefficient (Wildman–Crippen LogP) is 3.30. The molecule has 1 N–H and O–H groups in total. The van der Waals surface area contributed by atoms with Crippen LogP contribution < -0.4 is 5.32 Å². The van der Waals surface area contributed by atoms with Crippen LogP contribution >= 0.6 is 11.8 Å². The molecule has 1 nitrogen and oxygen atoms in total. The van der Waals surface area contributed by atoms with Crippen molar-refractivity contribution in [3.63, 3.8) is 0 Å². The smallest absolute Gasteiger partial charge is 0.0203 e. The summed E-state index contributed by atoms with van der Waals surface area (Å²) in [6, 6.07) is 0.771. The normalized spacial score (nSPS) is 33.2. The van der Waals surface area contributed by atoms with Gasteiger partial charge in [0.15, 0.2) is 0 Å². The first-order chi connectivity index (χ1) is 6.81. The van der Waals surface area contributed by atoms with Crippen LogP contribution in [0.1, 0.15) is 46.0 Å². The first-order valence-electron chi connectivity index (χ1n) is 6.10. The highest BCUT2D eigenvalue weighted by molar-refractivity contribution is 7.99. The molecule has 0 aromatic carbocycles. The number of hydrogen-bond acceptors (Lipinski definition) is 2. The van der Waals surface area contributed by atoms with E-state index in [2.05, 4.69) is 38.0 Å². The molecule has 0 aromatic rings. The average Bonchev–Trinajstić information content (AvgIpc) is 2.19. The molecule has 1 aliphatic carbocycles. The van der Waals surface area contributed by atoms with Gasteiger partial charge in [0, 0.05) is 11.3 Å². The highest BCUT2D eigenvalue weighted by Crippen LogP contribution is 2.34. The molecule has 0 aliphatic heterocycles. The average molecular weight is 215 g/mol. The molecule has 14 heavy (non-hydrogen) atoms. The summed E-state index contributed by atoms with van der Waals surface area (Å²) in [5, 5.41) is 4.35. The van der Waals surface area contributed by atoms with Gasteiger partial charge in [0.25, 0.3) is 0 Å². The highest BCUT2D eigenvalue weighted by Gasteiger charge is 2.28. The van der Waals surface area contributed by atoms with Gasteiger partial charge in [-0.15, -0.1) is 0 Å². The summed E-state index contributed by atoms with van der Waals surface area (Å²) in [6.07, 6.45) is 7.08. The maximum Gasteiger partial charge on any atom is 0.0203 e. The van der Waals surface area contributed by atoms with Gasteiger partial charge in [-0.25, -0.2) is 0 Å². The maximum atomic E-state index is 3.48. The van der Waals surface area contributed by atoms with E-state index in [1.165, 1.54) is 37.9 Å². The Bertz CT molecular complexity index is 149. The lowest BCUT2D eigenvalue weighted by Crippen LogP contribution is -2.40. The fourth-order valence-corrected chi connectivity index (χ4v) is 3.95. The summed E-state index contributed by atoms with van der Waals surface area (Å²) in [7, 11) is 2.12. The molecule has 0 radical (unpaired) electrons. The largest absolute Gasteiger partial charge is 0.316 e. The minimum Gasteiger partial charge on any atom is -0.316 e. The van der Waals surface area contributed by atoms with Gasteiger partial charge in [-0.2, -0.15) is 11.8 Å². The SMILES string of the molecule is CCCC1CCC(NC)C(SCC)C1. The molecule has 0 heterocycles. The molecular weight excluding hydrogens is 190 g/mol. The number of hydrogen-bond donors (Lipinski definition) is 1. The van der Waals surface area contributed by atoms with Crippen molar-refractivity contribution < 1.29 is 0 Å². The molecule has 3 atom stereocenters. The third-order valence-corrected chi connectivity index (χ3v) is 4.63. The molecule has 1 fully saturated rings. The zero-order chi connectivity index (χ0) is 10.4. The fraction of sp³-hybridized carbons (Fsp3) is 1.00. The van der Waals surface area contributed by atoms with E-state index < -0.39 is 0 Å². The quantitative estimate of drug-likeness (QED) is 0.755. The Hall–Kier alpha value is 0.310. The molecule has 0 spiro atoms. The summed E-state index contributed by atoms with van der Waals surface area (Å²) in [6.45, 7) is 4.59. The van der Waals surface area contributed by atoms with Gasteiger partial charge >= 0.3 is 0 Å².